The molecule has 126 valence electrons. The molecule has 3 aliphatic rings. The molecule has 4 rings (SSSR count). The smallest absolute Gasteiger partial charge is 0.382 e. The number of aromatic nitrogens is 1. The van der Waals surface area contributed by atoms with Gasteiger partial charge in [0.15, 0.2) is 0 Å². The first-order valence-corrected chi connectivity index (χ1v) is 9.77. The quantitative estimate of drug-likeness (QED) is 0.679. The van der Waals surface area contributed by atoms with Crippen molar-refractivity contribution in [2.75, 3.05) is 31.1 Å². The van der Waals surface area contributed by atoms with Crippen molar-refractivity contribution in [3.8, 4) is 10.8 Å². The molecule has 0 unspecified atom stereocenters. The Balaban J connectivity index is 1.83. The minimum atomic E-state index is 0.768. The van der Waals surface area contributed by atoms with Crippen LogP contribution in [0.25, 0.3) is 21.7 Å². The van der Waals surface area contributed by atoms with Gasteiger partial charge in [-0.2, -0.15) is 0 Å². The summed E-state index contributed by atoms with van der Waals surface area (Å²) in [7, 11) is 0. The van der Waals surface area contributed by atoms with Gasteiger partial charge in [-0.1, -0.05) is 0 Å². The molecule has 0 radical (unpaired) electrons. The maximum atomic E-state index is 6.14. The number of thiazole rings is 1. The Morgan fingerprint density at radius 1 is 1.12 bits per heavy atom. The first kappa shape index (κ1) is 15.6. The summed E-state index contributed by atoms with van der Waals surface area (Å²) in [5.41, 5.74) is 2.13. The highest BCUT2D eigenvalue weighted by molar-refractivity contribution is 7.12. The van der Waals surface area contributed by atoms with Crippen LogP contribution in [0.3, 0.4) is 0 Å². The SMILES string of the molecule is CCN(CC)c1ccc2cc3sc(=[N+]4CCCCC4)nc-3oc2c1. The number of benzene rings is 1. The Morgan fingerprint density at radius 2 is 1.92 bits per heavy atom. The van der Waals surface area contributed by atoms with Gasteiger partial charge in [-0.15, -0.1) is 0 Å². The molecule has 0 amide bonds. The summed E-state index contributed by atoms with van der Waals surface area (Å²) in [6.45, 7) is 8.59. The number of fused-ring (bicyclic) bond motifs is 2. The van der Waals surface area contributed by atoms with Gasteiger partial charge in [0.2, 0.25) is 0 Å². The molecule has 24 heavy (non-hydrogen) atoms. The van der Waals surface area contributed by atoms with Crippen LogP contribution >= 0.6 is 11.3 Å². The second kappa shape index (κ2) is 6.55. The van der Waals surface area contributed by atoms with Gasteiger partial charge in [-0.25, -0.2) is 4.58 Å². The van der Waals surface area contributed by atoms with Gasteiger partial charge in [0, 0.05) is 35.2 Å². The van der Waals surface area contributed by atoms with E-state index in [0.717, 1.165) is 52.7 Å². The van der Waals surface area contributed by atoms with Crippen LogP contribution in [0.1, 0.15) is 33.1 Å². The lowest BCUT2D eigenvalue weighted by Crippen LogP contribution is -2.34. The van der Waals surface area contributed by atoms with E-state index in [1.165, 1.54) is 24.9 Å². The van der Waals surface area contributed by atoms with E-state index in [0.29, 0.717) is 0 Å². The van der Waals surface area contributed by atoms with Crippen molar-refractivity contribution in [2.24, 2.45) is 0 Å². The number of piperidine rings is 1. The van der Waals surface area contributed by atoms with Crippen LogP contribution in [0.15, 0.2) is 28.7 Å². The summed E-state index contributed by atoms with van der Waals surface area (Å²) in [6, 6.07) is 8.70. The molecule has 1 aromatic carbocycles. The second-order valence-electron chi connectivity index (χ2n) is 6.35. The van der Waals surface area contributed by atoms with Crippen LogP contribution < -0.4 is 14.3 Å². The van der Waals surface area contributed by atoms with E-state index in [4.69, 9.17) is 9.40 Å². The third-order valence-electron chi connectivity index (χ3n) is 4.85. The number of hydrogen-bond donors (Lipinski definition) is 0. The van der Waals surface area contributed by atoms with Crippen LogP contribution in [0, 0.1) is 0 Å². The minimum absolute atomic E-state index is 0.768. The van der Waals surface area contributed by atoms with Crippen LogP contribution in [-0.4, -0.2) is 31.2 Å². The van der Waals surface area contributed by atoms with Gasteiger partial charge >= 0.3 is 10.7 Å². The van der Waals surface area contributed by atoms with Gasteiger partial charge in [-0.05, 0) is 62.6 Å². The Labute approximate surface area is 146 Å². The second-order valence-corrected chi connectivity index (χ2v) is 7.36. The Hall–Kier alpha value is -1.88. The van der Waals surface area contributed by atoms with Gasteiger partial charge < -0.3 is 9.32 Å². The summed E-state index contributed by atoms with van der Waals surface area (Å²) in [5.74, 6) is 0.768. The largest absolute Gasteiger partial charge is 0.419 e. The molecular formula is C19H24N3OS+. The van der Waals surface area contributed by atoms with Crippen LogP contribution in [-0.2, 0) is 0 Å². The third kappa shape index (κ3) is 2.81. The molecule has 1 aromatic rings. The van der Waals surface area contributed by atoms with E-state index in [1.54, 1.807) is 11.3 Å². The predicted molar refractivity (Wildman–Crippen MR) is 101 cm³/mol. The molecular weight excluding hydrogens is 318 g/mol. The summed E-state index contributed by atoms with van der Waals surface area (Å²) in [4.78, 5) is 9.34. The minimum Gasteiger partial charge on any atom is -0.419 e. The predicted octanol–water partition coefficient (Wildman–Crippen LogP) is 3.80. The van der Waals surface area contributed by atoms with Crippen LogP contribution in [0.2, 0.25) is 0 Å². The lowest BCUT2D eigenvalue weighted by atomic mass is 10.2. The average Bonchev–Trinajstić information content (AvgIpc) is 3.04. The Bertz CT molecular complexity index is 883. The molecule has 0 N–H and O–H groups in total. The van der Waals surface area contributed by atoms with E-state index in [-0.39, 0.29) is 0 Å². The fourth-order valence-electron chi connectivity index (χ4n) is 3.45. The molecule has 1 fully saturated rings. The highest BCUT2D eigenvalue weighted by atomic mass is 32.1. The zero-order valence-corrected chi connectivity index (χ0v) is 15.2. The van der Waals surface area contributed by atoms with Crippen molar-refractivity contribution in [1.82, 2.24) is 9.56 Å². The summed E-state index contributed by atoms with van der Waals surface area (Å²) < 4.78 is 8.54. The highest BCUT2D eigenvalue weighted by Gasteiger charge is 2.22. The van der Waals surface area contributed by atoms with Crippen molar-refractivity contribution in [3.05, 3.63) is 29.1 Å². The fraction of sp³-hybridized carbons (Fsp3) is 0.474. The number of rotatable bonds is 3. The van der Waals surface area contributed by atoms with Gasteiger partial charge in [0.25, 0.3) is 0 Å². The Kier molecular flexibility index (Phi) is 4.27. The van der Waals surface area contributed by atoms with Gasteiger partial charge in [-0.3, -0.25) is 0 Å². The van der Waals surface area contributed by atoms with E-state index in [1.807, 2.05) is 0 Å². The zero-order valence-electron chi connectivity index (χ0n) is 14.4. The van der Waals surface area contributed by atoms with Crippen molar-refractivity contribution >= 4 is 28.0 Å². The topological polar surface area (TPSA) is 32.3 Å². The van der Waals surface area contributed by atoms with Crippen molar-refractivity contribution in [3.63, 3.8) is 0 Å². The van der Waals surface area contributed by atoms with Crippen LogP contribution in [0.5, 0.6) is 0 Å². The molecule has 0 aromatic heterocycles. The van der Waals surface area contributed by atoms with E-state index in [9.17, 15) is 0 Å². The molecule has 0 saturated carbocycles. The molecule has 0 spiro atoms. The van der Waals surface area contributed by atoms with E-state index >= 15 is 0 Å². The summed E-state index contributed by atoms with van der Waals surface area (Å²) in [5, 5.41) is 1.15. The molecule has 0 aliphatic carbocycles. The van der Waals surface area contributed by atoms with Crippen molar-refractivity contribution < 1.29 is 4.42 Å². The third-order valence-corrected chi connectivity index (χ3v) is 5.90. The summed E-state index contributed by atoms with van der Waals surface area (Å²) in [6.07, 6.45) is 3.87. The zero-order chi connectivity index (χ0) is 16.5. The fourth-order valence-corrected chi connectivity index (χ4v) is 4.45. The van der Waals surface area contributed by atoms with E-state index in [2.05, 4.69) is 47.6 Å². The average molecular weight is 342 g/mol. The molecule has 1 saturated heterocycles. The van der Waals surface area contributed by atoms with Gasteiger partial charge in [0.05, 0.1) is 13.1 Å². The van der Waals surface area contributed by atoms with Crippen molar-refractivity contribution in [2.45, 2.75) is 33.1 Å². The molecule has 3 heterocycles. The molecule has 0 atom stereocenters. The maximum Gasteiger partial charge on any atom is 0.382 e. The summed E-state index contributed by atoms with van der Waals surface area (Å²) >= 11 is 1.75. The Morgan fingerprint density at radius 3 is 2.67 bits per heavy atom. The first-order valence-electron chi connectivity index (χ1n) is 8.96. The number of anilines is 1. The maximum absolute atomic E-state index is 6.14. The normalized spacial score (nSPS) is 15.3. The molecule has 5 heteroatoms. The lowest BCUT2D eigenvalue weighted by molar-refractivity contribution is 0.449. The monoisotopic (exact) mass is 342 g/mol. The van der Waals surface area contributed by atoms with Crippen LogP contribution in [0.4, 0.5) is 5.69 Å². The molecule has 4 nitrogen and oxygen atoms in total. The number of nitrogens with zero attached hydrogens (tertiary/aromatic N) is 3. The number of hydrogen-bond acceptors (Lipinski definition) is 4. The highest BCUT2D eigenvalue weighted by Crippen LogP contribution is 2.30. The molecule has 0 bridgehead atoms. The standard InChI is InChI=1S/C19H24N3OS/c1-3-21(4-2)15-9-8-14-12-17-18(23-16(14)13-15)20-19(24-17)22-10-6-5-7-11-22/h8-9,12-13H,3-7,10-11H2,1-2H3/q+1. The lowest BCUT2D eigenvalue weighted by Gasteiger charge is -2.20. The van der Waals surface area contributed by atoms with E-state index < -0.39 is 0 Å². The van der Waals surface area contributed by atoms with Crippen molar-refractivity contribution in [1.29, 1.82) is 0 Å². The first-order chi connectivity index (χ1) is 11.8. The molecule has 3 aliphatic heterocycles. The van der Waals surface area contributed by atoms with Gasteiger partial charge in [0.1, 0.15) is 10.5 Å².